The van der Waals surface area contributed by atoms with Gasteiger partial charge in [0.15, 0.2) is 0 Å². The van der Waals surface area contributed by atoms with Crippen LogP contribution in [-0.4, -0.2) is 16.1 Å². The van der Waals surface area contributed by atoms with Gasteiger partial charge in [-0.3, -0.25) is 4.79 Å². The molecule has 4 rings (SSSR count). The summed E-state index contributed by atoms with van der Waals surface area (Å²) in [5.74, 6) is 0.203. The highest BCUT2D eigenvalue weighted by Gasteiger charge is 2.25. The predicted octanol–water partition coefficient (Wildman–Crippen LogP) is 6.65. The highest BCUT2D eigenvalue weighted by molar-refractivity contribution is 8.00. The molecule has 2 aromatic carbocycles. The van der Waals surface area contributed by atoms with Crippen molar-refractivity contribution in [3.8, 4) is 6.07 Å². The fraction of sp³-hybridized carbons (Fsp3) is 0.240. The van der Waals surface area contributed by atoms with E-state index in [0.717, 1.165) is 30.5 Å². The summed E-state index contributed by atoms with van der Waals surface area (Å²) in [6.07, 6.45) is 2.74. The van der Waals surface area contributed by atoms with E-state index >= 15 is 0 Å². The summed E-state index contributed by atoms with van der Waals surface area (Å²) in [4.78, 5) is 17.5. The molecular formula is C25H21Cl2N3OS. The van der Waals surface area contributed by atoms with Crippen LogP contribution in [0.4, 0.5) is 5.69 Å². The van der Waals surface area contributed by atoms with Gasteiger partial charge in [0.05, 0.1) is 26.5 Å². The lowest BCUT2D eigenvalue weighted by Crippen LogP contribution is -2.23. The molecule has 4 nitrogen and oxygen atoms in total. The van der Waals surface area contributed by atoms with Gasteiger partial charge < -0.3 is 5.32 Å². The van der Waals surface area contributed by atoms with Crippen molar-refractivity contribution in [2.24, 2.45) is 0 Å². The number of benzene rings is 2. The van der Waals surface area contributed by atoms with E-state index in [2.05, 4.69) is 35.7 Å². The summed E-state index contributed by atoms with van der Waals surface area (Å²) in [5.41, 5.74) is 4.42. The number of carbonyl (C=O) groups excluding carboxylic acids is 1. The fourth-order valence-corrected chi connectivity index (χ4v) is 5.12. The number of hydrogen-bond donors (Lipinski definition) is 1. The van der Waals surface area contributed by atoms with Gasteiger partial charge in [-0.25, -0.2) is 4.98 Å². The van der Waals surface area contributed by atoms with E-state index in [1.165, 1.54) is 17.3 Å². The van der Waals surface area contributed by atoms with Gasteiger partial charge in [0.2, 0.25) is 5.91 Å². The highest BCUT2D eigenvalue weighted by atomic mass is 35.5. The summed E-state index contributed by atoms with van der Waals surface area (Å²) < 4.78 is 0. The number of aryl methyl sites for hydroxylation is 1. The van der Waals surface area contributed by atoms with E-state index < -0.39 is 5.25 Å². The number of nitrogens with zero attached hydrogens (tertiary/aromatic N) is 2. The Morgan fingerprint density at radius 2 is 2.00 bits per heavy atom. The minimum Gasteiger partial charge on any atom is -0.324 e. The summed E-state index contributed by atoms with van der Waals surface area (Å²) in [5, 5.41) is 13.3. The quantitative estimate of drug-likeness (QED) is 0.414. The van der Waals surface area contributed by atoms with Gasteiger partial charge in [-0.15, -0.1) is 0 Å². The van der Waals surface area contributed by atoms with Gasteiger partial charge in [-0.2, -0.15) is 5.26 Å². The Morgan fingerprint density at radius 1 is 1.22 bits per heavy atom. The second-order valence-corrected chi connectivity index (χ2v) is 9.87. The smallest absolute Gasteiger partial charge is 0.237 e. The van der Waals surface area contributed by atoms with Gasteiger partial charge in [0, 0.05) is 5.69 Å². The lowest BCUT2D eigenvalue weighted by molar-refractivity contribution is -0.115. The molecule has 7 heteroatoms. The average Bonchev–Trinajstić information content (AvgIpc) is 2.81. The molecule has 1 aliphatic rings. The van der Waals surface area contributed by atoms with Crippen molar-refractivity contribution in [1.29, 1.82) is 5.26 Å². The molecule has 0 bridgehead atoms. The van der Waals surface area contributed by atoms with Crippen molar-refractivity contribution in [1.82, 2.24) is 4.98 Å². The third-order valence-corrected chi connectivity index (χ3v) is 7.53. The van der Waals surface area contributed by atoms with E-state index in [9.17, 15) is 10.1 Å². The number of anilines is 1. The molecule has 0 aliphatic heterocycles. The van der Waals surface area contributed by atoms with Crippen molar-refractivity contribution in [3.05, 3.63) is 87.0 Å². The molecule has 162 valence electrons. The lowest BCUT2D eigenvalue weighted by atomic mass is 9.82. The van der Waals surface area contributed by atoms with Crippen LogP contribution in [0.5, 0.6) is 0 Å². The van der Waals surface area contributed by atoms with Crippen LogP contribution in [0.3, 0.4) is 0 Å². The lowest BCUT2D eigenvalue weighted by Gasteiger charge is -2.25. The number of rotatable bonds is 5. The van der Waals surface area contributed by atoms with Crippen molar-refractivity contribution < 1.29 is 4.79 Å². The number of aromatic nitrogens is 1. The monoisotopic (exact) mass is 481 g/mol. The summed E-state index contributed by atoms with van der Waals surface area (Å²) in [6.45, 7) is 1.78. The second kappa shape index (κ2) is 9.95. The number of nitrogens with one attached hydrogen (secondary N) is 1. The van der Waals surface area contributed by atoms with Crippen LogP contribution in [0.15, 0.2) is 59.6 Å². The maximum absolute atomic E-state index is 12.7. The first-order valence-electron chi connectivity index (χ1n) is 10.4. The molecule has 32 heavy (non-hydrogen) atoms. The van der Waals surface area contributed by atoms with Crippen LogP contribution in [0, 0.1) is 11.3 Å². The van der Waals surface area contributed by atoms with Gasteiger partial charge in [-0.05, 0) is 61.4 Å². The third-order valence-electron chi connectivity index (χ3n) is 5.61. The standard InChI is InChI=1S/C25H21Cl2N3OS/c1-15(24(31)29-22-9-5-8-20(26)23(22)27)32-25-19(14-28)13-18-12-17(10-11-21(18)30-25)16-6-3-2-4-7-16/h2-9,13,15,17H,10-12H2,1H3,(H,29,31). The largest absolute Gasteiger partial charge is 0.324 e. The third kappa shape index (κ3) is 4.94. The molecular weight excluding hydrogens is 461 g/mol. The van der Waals surface area contributed by atoms with Crippen LogP contribution >= 0.6 is 35.0 Å². The molecule has 2 unspecified atom stereocenters. The fourth-order valence-electron chi connectivity index (χ4n) is 3.88. The predicted molar refractivity (Wildman–Crippen MR) is 131 cm³/mol. The minimum absolute atomic E-state index is 0.230. The molecule has 3 aromatic rings. The van der Waals surface area contributed by atoms with Crippen molar-refractivity contribution in [2.45, 2.75) is 42.4 Å². The summed E-state index contributed by atoms with van der Waals surface area (Å²) in [7, 11) is 0. The molecule has 1 aromatic heterocycles. The van der Waals surface area contributed by atoms with E-state index in [-0.39, 0.29) is 5.91 Å². The Bertz CT molecular complexity index is 1190. The Labute approximate surface area is 202 Å². The minimum atomic E-state index is -0.469. The van der Waals surface area contributed by atoms with Gasteiger partial charge in [-0.1, -0.05) is 71.4 Å². The molecule has 1 amide bonds. The molecule has 0 saturated heterocycles. The molecule has 0 spiro atoms. The van der Waals surface area contributed by atoms with Gasteiger partial charge in [0.25, 0.3) is 0 Å². The molecule has 1 heterocycles. The number of hydrogen-bond acceptors (Lipinski definition) is 4. The zero-order valence-corrected chi connectivity index (χ0v) is 19.8. The molecule has 1 aliphatic carbocycles. The maximum atomic E-state index is 12.7. The zero-order valence-electron chi connectivity index (χ0n) is 17.4. The Balaban J connectivity index is 1.50. The number of thioether (sulfide) groups is 1. The number of amides is 1. The summed E-state index contributed by atoms with van der Waals surface area (Å²) >= 11 is 13.5. The molecule has 1 N–H and O–H groups in total. The number of carbonyl (C=O) groups is 1. The molecule has 0 fully saturated rings. The van der Waals surface area contributed by atoms with E-state index in [4.69, 9.17) is 28.2 Å². The molecule has 0 radical (unpaired) electrons. The normalized spacial score (nSPS) is 16.0. The van der Waals surface area contributed by atoms with Crippen LogP contribution in [-0.2, 0) is 17.6 Å². The van der Waals surface area contributed by atoms with Crippen LogP contribution in [0.1, 0.15) is 41.6 Å². The van der Waals surface area contributed by atoms with Crippen molar-refractivity contribution in [2.75, 3.05) is 5.32 Å². The molecule has 2 atom stereocenters. The summed E-state index contributed by atoms with van der Waals surface area (Å²) in [6, 6.07) is 19.8. The Morgan fingerprint density at radius 3 is 2.75 bits per heavy atom. The molecule has 0 saturated carbocycles. The van der Waals surface area contributed by atoms with Crippen LogP contribution in [0.25, 0.3) is 0 Å². The van der Waals surface area contributed by atoms with E-state index in [1.54, 1.807) is 25.1 Å². The SMILES string of the molecule is CC(Sc1nc2c(cc1C#N)CC(c1ccccc1)CC2)C(=O)Nc1cccc(Cl)c1Cl. The Kier molecular flexibility index (Phi) is 7.05. The van der Waals surface area contributed by atoms with Gasteiger partial charge >= 0.3 is 0 Å². The zero-order chi connectivity index (χ0) is 22.7. The number of nitriles is 1. The van der Waals surface area contributed by atoms with Crippen LogP contribution in [0.2, 0.25) is 10.0 Å². The Hall–Kier alpha value is -2.52. The van der Waals surface area contributed by atoms with Crippen molar-refractivity contribution >= 4 is 46.6 Å². The van der Waals surface area contributed by atoms with E-state index in [1.807, 2.05) is 12.1 Å². The first-order chi connectivity index (χ1) is 15.5. The van der Waals surface area contributed by atoms with Crippen molar-refractivity contribution in [3.63, 3.8) is 0 Å². The number of halogens is 2. The first-order valence-corrected chi connectivity index (χ1v) is 12.0. The van der Waals surface area contributed by atoms with Gasteiger partial charge in [0.1, 0.15) is 11.1 Å². The maximum Gasteiger partial charge on any atom is 0.237 e. The number of pyridine rings is 1. The average molecular weight is 482 g/mol. The topological polar surface area (TPSA) is 65.8 Å². The highest BCUT2D eigenvalue weighted by Crippen LogP contribution is 2.36. The van der Waals surface area contributed by atoms with E-state index in [0.29, 0.717) is 32.2 Å². The number of fused-ring (bicyclic) bond motifs is 1. The second-order valence-electron chi connectivity index (χ2n) is 7.76. The van der Waals surface area contributed by atoms with Crippen LogP contribution < -0.4 is 5.32 Å². The first kappa shape index (κ1) is 22.7.